The van der Waals surface area contributed by atoms with Gasteiger partial charge in [0.05, 0.1) is 18.4 Å². The fraction of sp³-hybridized carbons (Fsp3) is 0.250. The van der Waals surface area contributed by atoms with E-state index in [2.05, 4.69) is 15.3 Å². The van der Waals surface area contributed by atoms with E-state index in [4.69, 9.17) is 4.74 Å². The van der Waals surface area contributed by atoms with Crippen LogP contribution in [0.5, 0.6) is 5.75 Å². The van der Waals surface area contributed by atoms with Crippen LogP contribution in [0.15, 0.2) is 30.5 Å². The number of aryl methyl sites for hydroxylation is 2. The van der Waals surface area contributed by atoms with Gasteiger partial charge in [0.15, 0.2) is 6.04 Å². The molecule has 1 atom stereocenters. The topological polar surface area (TPSA) is 101 Å². The average molecular weight is 315 g/mol. The van der Waals surface area contributed by atoms with Crippen molar-refractivity contribution in [2.24, 2.45) is 0 Å². The fourth-order valence-electron chi connectivity index (χ4n) is 2.12. The van der Waals surface area contributed by atoms with Crippen molar-refractivity contribution in [3.8, 4) is 5.75 Å². The van der Waals surface area contributed by atoms with E-state index in [1.807, 2.05) is 0 Å². The number of methoxy groups -OCH3 is 1. The lowest BCUT2D eigenvalue weighted by atomic mass is 10.1. The molecule has 0 saturated heterocycles. The number of nitrogens with one attached hydrogen (secondary N) is 1. The molecule has 0 spiro atoms. The number of rotatable bonds is 5. The minimum absolute atomic E-state index is 0.241. The van der Waals surface area contributed by atoms with Crippen molar-refractivity contribution in [3.05, 3.63) is 53.1 Å². The van der Waals surface area contributed by atoms with Crippen LogP contribution in [0.2, 0.25) is 0 Å². The minimum atomic E-state index is -1.20. The van der Waals surface area contributed by atoms with Gasteiger partial charge < -0.3 is 15.2 Å². The molecule has 1 unspecified atom stereocenters. The Morgan fingerprint density at radius 3 is 2.65 bits per heavy atom. The van der Waals surface area contributed by atoms with Gasteiger partial charge >= 0.3 is 5.97 Å². The summed E-state index contributed by atoms with van der Waals surface area (Å²) in [6.07, 6.45) is 1.39. The second-order valence-electron chi connectivity index (χ2n) is 4.94. The third-order valence-corrected chi connectivity index (χ3v) is 3.29. The molecule has 0 aliphatic carbocycles. The zero-order valence-corrected chi connectivity index (χ0v) is 13.0. The van der Waals surface area contributed by atoms with Crippen LogP contribution in [0.3, 0.4) is 0 Å². The standard InChI is InChI=1S/C16H17N3O4/c1-9-13(8-17-10(2)18-9)15(20)19-14(16(21)22)11-5-4-6-12(7-11)23-3/h4-8,14H,1-3H3,(H,19,20)(H,21,22). The molecule has 1 aromatic heterocycles. The van der Waals surface area contributed by atoms with Gasteiger partial charge in [0.1, 0.15) is 11.6 Å². The van der Waals surface area contributed by atoms with Crippen molar-refractivity contribution in [2.45, 2.75) is 19.9 Å². The maximum atomic E-state index is 12.3. The molecular weight excluding hydrogens is 298 g/mol. The number of ether oxygens (including phenoxy) is 1. The van der Waals surface area contributed by atoms with Crippen molar-refractivity contribution >= 4 is 11.9 Å². The van der Waals surface area contributed by atoms with Gasteiger partial charge in [-0.05, 0) is 31.5 Å². The Morgan fingerprint density at radius 2 is 2.04 bits per heavy atom. The zero-order valence-electron chi connectivity index (χ0n) is 13.0. The summed E-state index contributed by atoms with van der Waals surface area (Å²) in [5.74, 6) is -0.658. The van der Waals surface area contributed by atoms with Gasteiger partial charge in [0.25, 0.3) is 5.91 Å². The molecule has 120 valence electrons. The normalized spacial score (nSPS) is 11.6. The molecule has 0 aliphatic rings. The first kappa shape index (κ1) is 16.4. The number of carboxylic acid groups (broad SMARTS) is 1. The molecular formula is C16H17N3O4. The number of carbonyl (C=O) groups is 2. The lowest BCUT2D eigenvalue weighted by Gasteiger charge is -2.16. The monoisotopic (exact) mass is 315 g/mol. The molecule has 0 fully saturated rings. The van der Waals surface area contributed by atoms with Crippen LogP contribution in [-0.4, -0.2) is 34.1 Å². The lowest BCUT2D eigenvalue weighted by molar-refractivity contribution is -0.139. The van der Waals surface area contributed by atoms with Crippen LogP contribution in [0.25, 0.3) is 0 Å². The van der Waals surface area contributed by atoms with Crippen LogP contribution in [-0.2, 0) is 4.79 Å². The molecule has 0 radical (unpaired) electrons. The largest absolute Gasteiger partial charge is 0.497 e. The van der Waals surface area contributed by atoms with Crippen molar-refractivity contribution in [3.63, 3.8) is 0 Å². The first-order valence-corrected chi connectivity index (χ1v) is 6.90. The molecule has 1 amide bonds. The van der Waals surface area contributed by atoms with E-state index in [0.29, 0.717) is 22.8 Å². The molecule has 7 nitrogen and oxygen atoms in total. The second kappa shape index (κ2) is 6.87. The van der Waals surface area contributed by atoms with Crippen LogP contribution >= 0.6 is 0 Å². The van der Waals surface area contributed by atoms with Crippen LogP contribution in [0.4, 0.5) is 0 Å². The van der Waals surface area contributed by atoms with E-state index in [1.165, 1.54) is 13.3 Å². The summed E-state index contributed by atoms with van der Waals surface area (Å²) >= 11 is 0. The van der Waals surface area contributed by atoms with Crippen LogP contribution in [0, 0.1) is 13.8 Å². The van der Waals surface area contributed by atoms with Crippen molar-refractivity contribution in [1.82, 2.24) is 15.3 Å². The first-order valence-electron chi connectivity index (χ1n) is 6.90. The number of hydrogen-bond acceptors (Lipinski definition) is 5. The van der Waals surface area contributed by atoms with Crippen molar-refractivity contribution in [1.29, 1.82) is 0 Å². The van der Waals surface area contributed by atoms with Crippen molar-refractivity contribution in [2.75, 3.05) is 7.11 Å². The van der Waals surface area contributed by atoms with Gasteiger partial charge in [-0.3, -0.25) is 4.79 Å². The van der Waals surface area contributed by atoms with E-state index >= 15 is 0 Å². The summed E-state index contributed by atoms with van der Waals surface area (Å²) in [6, 6.07) is 5.34. The maximum absolute atomic E-state index is 12.3. The number of amides is 1. The number of hydrogen-bond donors (Lipinski definition) is 2. The average Bonchev–Trinajstić information content (AvgIpc) is 2.52. The van der Waals surface area contributed by atoms with Gasteiger partial charge in [-0.25, -0.2) is 14.8 Å². The summed E-state index contributed by atoms with van der Waals surface area (Å²) in [5, 5.41) is 11.9. The number of benzene rings is 1. The van der Waals surface area contributed by atoms with E-state index in [9.17, 15) is 14.7 Å². The fourth-order valence-corrected chi connectivity index (χ4v) is 2.12. The lowest BCUT2D eigenvalue weighted by Crippen LogP contribution is -2.34. The summed E-state index contributed by atoms with van der Waals surface area (Å²) in [7, 11) is 1.49. The molecule has 2 aromatic rings. The number of aromatic nitrogens is 2. The first-order chi connectivity index (χ1) is 10.9. The molecule has 0 aliphatic heterocycles. The highest BCUT2D eigenvalue weighted by atomic mass is 16.5. The predicted molar refractivity (Wildman–Crippen MR) is 82.3 cm³/mol. The van der Waals surface area contributed by atoms with Gasteiger partial charge in [0.2, 0.25) is 0 Å². The molecule has 1 heterocycles. The Kier molecular flexibility index (Phi) is 4.90. The zero-order chi connectivity index (χ0) is 17.0. The molecule has 0 saturated carbocycles. The van der Waals surface area contributed by atoms with Gasteiger partial charge in [-0.1, -0.05) is 12.1 Å². The van der Waals surface area contributed by atoms with E-state index in [1.54, 1.807) is 38.1 Å². The molecule has 7 heteroatoms. The highest BCUT2D eigenvalue weighted by molar-refractivity contribution is 5.97. The Labute approximate surface area is 133 Å². The Hall–Kier alpha value is -2.96. The van der Waals surface area contributed by atoms with Crippen molar-refractivity contribution < 1.29 is 19.4 Å². The van der Waals surface area contributed by atoms with Gasteiger partial charge in [0, 0.05) is 6.20 Å². The summed E-state index contributed by atoms with van der Waals surface area (Å²) in [6.45, 7) is 3.38. The summed E-state index contributed by atoms with van der Waals surface area (Å²) in [5.41, 5.74) is 1.14. The Bertz CT molecular complexity index is 746. The Balaban J connectivity index is 2.28. The third-order valence-electron chi connectivity index (χ3n) is 3.29. The molecule has 1 aromatic carbocycles. The summed E-state index contributed by atoms with van der Waals surface area (Å²) < 4.78 is 5.08. The highest BCUT2D eigenvalue weighted by Crippen LogP contribution is 2.20. The van der Waals surface area contributed by atoms with Crippen LogP contribution in [0.1, 0.15) is 33.5 Å². The molecule has 23 heavy (non-hydrogen) atoms. The number of carbonyl (C=O) groups excluding carboxylic acids is 1. The third kappa shape index (κ3) is 3.82. The molecule has 2 rings (SSSR count). The smallest absolute Gasteiger partial charge is 0.330 e. The SMILES string of the molecule is COc1cccc(C(NC(=O)c2cnc(C)nc2C)C(=O)O)c1. The maximum Gasteiger partial charge on any atom is 0.330 e. The number of aliphatic carboxylic acids is 1. The quantitative estimate of drug-likeness (QED) is 0.870. The van der Waals surface area contributed by atoms with Gasteiger partial charge in [-0.15, -0.1) is 0 Å². The highest BCUT2D eigenvalue weighted by Gasteiger charge is 2.24. The minimum Gasteiger partial charge on any atom is -0.497 e. The van der Waals surface area contributed by atoms with Gasteiger partial charge in [-0.2, -0.15) is 0 Å². The molecule has 0 bridgehead atoms. The number of nitrogens with zero attached hydrogens (tertiary/aromatic N) is 2. The van der Waals surface area contributed by atoms with E-state index in [-0.39, 0.29) is 5.56 Å². The van der Waals surface area contributed by atoms with Crippen LogP contribution < -0.4 is 10.1 Å². The molecule has 2 N–H and O–H groups in total. The summed E-state index contributed by atoms with van der Waals surface area (Å²) in [4.78, 5) is 31.9. The van der Waals surface area contributed by atoms with E-state index < -0.39 is 17.9 Å². The number of carboxylic acids is 1. The van der Waals surface area contributed by atoms with E-state index in [0.717, 1.165) is 0 Å². The predicted octanol–water partition coefficient (Wildman–Crippen LogP) is 1.66. The Morgan fingerprint density at radius 1 is 1.30 bits per heavy atom. The second-order valence-corrected chi connectivity index (χ2v) is 4.94.